The van der Waals surface area contributed by atoms with Gasteiger partial charge in [-0.1, -0.05) is 30.3 Å². The van der Waals surface area contributed by atoms with Gasteiger partial charge in [-0.3, -0.25) is 0 Å². The molecule has 3 nitrogen and oxygen atoms in total. The van der Waals surface area contributed by atoms with Crippen molar-refractivity contribution in [3.8, 4) is 11.5 Å². The Kier molecular flexibility index (Phi) is 5.83. The molecule has 0 aliphatic carbocycles. The van der Waals surface area contributed by atoms with Crippen molar-refractivity contribution >= 4 is 11.8 Å². The van der Waals surface area contributed by atoms with E-state index in [9.17, 15) is 0 Å². The van der Waals surface area contributed by atoms with Gasteiger partial charge in [0.15, 0.2) is 11.5 Å². The van der Waals surface area contributed by atoms with E-state index < -0.39 is 0 Å². The molecule has 23 heavy (non-hydrogen) atoms. The molecule has 0 amide bonds. The molecule has 3 rings (SSSR count). The highest BCUT2D eigenvalue weighted by atomic mass is 32.2. The molecule has 1 N–H and O–H groups in total. The first-order chi connectivity index (χ1) is 11.3. The Morgan fingerprint density at radius 3 is 2.48 bits per heavy atom. The third-order valence-electron chi connectivity index (χ3n) is 4.12. The van der Waals surface area contributed by atoms with Crippen molar-refractivity contribution in [3.63, 3.8) is 0 Å². The first kappa shape index (κ1) is 16.2. The summed E-state index contributed by atoms with van der Waals surface area (Å²) in [6, 6.07) is 16.5. The maximum Gasteiger partial charge on any atom is 0.162 e. The Hall–Kier alpha value is -1.65. The van der Waals surface area contributed by atoms with Crippen molar-refractivity contribution in [1.29, 1.82) is 0 Å². The van der Waals surface area contributed by atoms with Gasteiger partial charge in [0, 0.05) is 17.1 Å². The first-order valence-corrected chi connectivity index (χ1v) is 9.25. The van der Waals surface area contributed by atoms with Crippen LogP contribution in [-0.2, 0) is 13.2 Å². The van der Waals surface area contributed by atoms with E-state index in [0.717, 1.165) is 18.0 Å². The number of hydrogen-bond acceptors (Lipinski definition) is 3. The fraction of sp³-hybridized carbons (Fsp3) is 0.368. The van der Waals surface area contributed by atoms with Crippen LogP contribution in [0.15, 0.2) is 48.5 Å². The van der Waals surface area contributed by atoms with Crippen molar-refractivity contribution in [2.45, 2.75) is 13.2 Å². The number of thioether (sulfide) groups is 1. The van der Waals surface area contributed by atoms with E-state index >= 15 is 0 Å². The SMILES string of the molecule is COc1ccc(C[NH+]2CCSCC2)cc1OCc1ccccc1. The lowest BCUT2D eigenvalue weighted by molar-refractivity contribution is -0.910. The van der Waals surface area contributed by atoms with E-state index in [4.69, 9.17) is 9.47 Å². The zero-order chi connectivity index (χ0) is 15.9. The number of rotatable bonds is 6. The molecule has 0 bridgehead atoms. The predicted molar refractivity (Wildman–Crippen MR) is 95.5 cm³/mol. The van der Waals surface area contributed by atoms with Crippen LogP contribution < -0.4 is 14.4 Å². The van der Waals surface area contributed by atoms with Gasteiger partial charge in [0.25, 0.3) is 0 Å². The zero-order valence-electron chi connectivity index (χ0n) is 13.6. The minimum absolute atomic E-state index is 0.563. The van der Waals surface area contributed by atoms with Crippen molar-refractivity contribution < 1.29 is 14.4 Å². The van der Waals surface area contributed by atoms with E-state index in [-0.39, 0.29) is 0 Å². The largest absolute Gasteiger partial charge is 0.493 e. The maximum atomic E-state index is 6.01. The van der Waals surface area contributed by atoms with Gasteiger partial charge in [-0.05, 0) is 23.8 Å². The van der Waals surface area contributed by atoms with Crippen molar-refractivity contribution in [2.24, 2.45) is 0 Å². The molecule has 1 saturated heterocycles. The van der Waals surface area contributed by atoms with E-state index in [1.54, 1.807) is 12.0 Å². The summed E-state index contributed by atoms with van der Waals surface area (Å²) in [5, 5.41) is 0. The fourth-order valence-electron chi connectivity index (χ4n) is 2.80. The number of methoxy groups -OCH3 is 1. The Morgan fingerprint density at radius 2 is 1.74 bits per heavy atom. The highest BCUT2D eigenvalue weighted by Gasteiger charge is 2.15. The summed E-state index contributed by atoms with van der Waals surface area (Å²) in [4.78, 5) is 1.66. The topological polar surface area (TPSA) is 22.9 Å². The van der Waals surface area contributed by atoms with E-state index in [0.29, 0.717) is 6.61 Å². The monoisotopic (exact) mass is 330 g/mol. The highest BCUT2D eigenvalue weighted by Crippen LogP contribution is 2.28. The number of ether oxygens (including phenoxy) is 2. The minimum Gasteiger partial charge on any atom is -0.493 e. The summed E-state index contributed by atoms with van der Waals surface area (Å²) in [7, 11) is 1.69. The average molecular weight is 330 g/mol. The molecule has 1 heterocycles. The fourth-order valence-corrected chi connectivity index (χ4v) is 3.87. The van der Waals surface area contributed by atoms with Gasteiger partial charge < -0.3 is 14.4 Å². The third-order valence-corrected chi connectivity index (χ3v) is 5.10. The molecule has 1 aliphatic rings. The van der Waals surface area contributed by atoms with Crippen LogP contribution in [0.4, 0.5) is 0 Å². The summed E-state index contributed by atoms with van der Waals surface area (Å²) in [5.74, 6) is 4.17. The quantitative estimate of drug-likeness (QED) is 0.880. The number of quaternary nitrogens is 1. The van der Waals surface area contributed by atoms with Gasteiger partial charge in [-0.25, -0.2) is 0 Å². The van der Waals surface area contributed by atoms with Gasteiger partial charge in [0.05, 0.1) is 20.2 Å². The molecule has 2 aromatic carbocycles. The van der Waals surface area contributed by atoms with Crippen LogP contribution in [0.5, 0.6) is 11.5 Å². The molecule has 0 unspecified atom stereocenters. The molecule has 1 fully saturated rings. The van der Waals surface area contributed by atoms with E-state index in [2.05, 4.69) is 36.0 Å². The molecular formula is C19H24NO2S+. The zero-order valence-corrected chi connectivity index (χ0v) is 14.4. The summed E-state index contributed by atoms with van der Waals surface area (Å²) in [6.45, 7) is 4.12. The third kappa shape index (κ3) is 4.66. The smallest absolute Gasteiger partial charge is 0.162 e. The molecular weight excluding hydrogens is 306 g/mol. The van der Waals surface area contributed by atoms with Crippen LogP contribution in [0, 0.1) is 0 Å². The van der Waals surface area contributed by atoms with Crippen LogP contribution in [0.2, 0.25) is 0 Å². The second-order valence-electron chi connectivity index (χ2n) is 5.80. The van der Waals surface area contributed by atoms with Crippen molar-refractivity contribution in [3.05, 3.63) is 59.7 Å². The summed E-state index contributed by atoms with van der Waals surface area (Å²) >= 11 is 2.06. The summed E-state index contributed by atoms with van der Waals surface area (Å²) < 4.78 is 11.4. The van der Waals surface area contributed by atoms with E-state index in [1.165, 1.54) is 35.7 Å². The van der Waals surface area contributed by atoms with Gasteiger partial charge >= 0.3 is 0 Å². The van der Waals surface area contributed by atoms with Gasteiger partial charge in [0.2, 0.25) is 0 Å². The Balaban J connectivity index is 1.68. The molecule has 0 saturated carbocycles. The molecule has 1 aliphatic heterocycles. The Labute approximate surface area is 142 Å². The van der Waals surface area contributed by atoms with E-state index in [1.807, 2.05) is 24.3 Å². The van der Waals surface area contributed by atoms with Gasteiger partial charge in [-0.2, -0.15) is 11.8 Å². The Morgan fingerprint density at radius 1 is 0.957 bits per heavy atom. The van der Waals surface area contributed by atoms with Crippen LogP contribution in [0.25, 0.3) is 0 Å². The summed E-state index contributed by atoms with van der Waals surface area (Å²) in [6.07, 6.45) is 0. The standard InChI is InChI=1S/C19H23NO2S/c1-21-18-8-7-17(14-20-9-11-23-12-10-20)13-19(18)22-15-16-5-3-2-4-6-16/h2-8,13H,9-12,14-15H2,1H3/p+1. The molecule has 4 heteroatoms. The lowest BCUT2D eigenvalue weighted by Crippen LogP contribution is -3.12. The van der Waals surface area contributed by atoms with Crippen molar-refractivity contribution in [2.75, 3.05) is 31.7 Å². The minimum atomic E-state index is 0.563. The van der Waals surface area contributed by atoms with Gasteiger partial charge in [-0.15, -0.1) is 0 Å². The van der Waals surface area contributed by atoms with Crippen LogP contribution >= 0.6 is 11.8 Å². The Bertz CT molecular complexity index is 612. The first-order valence-electron chi connectivity index (χ1n) is 8.10. The van der Waals surface area contributed by atoms with Crippen LogP contribution in [0.3, 0.4) is 0 Å². The molecule has 0 spiro atoms. The molecule has 0 atom stereocenters. The maximum absolute atomic E-state index is 6.01. The number of hydrogen-bond donors (Lipinski definition) is 1. The van der Waals surface area contributed by atoms with Gasteiger partial charge in [0.1, 0.15) is 13.2 Å². The summed E-state index contributed by atoms with van der Waals surface area (Å²) in [5.41, 5.74) is 2.48. The second-order valence-corrected chi connectivity index (χ2v) is 7.02. The number of nitrogens with one attached hydrogen (secondary N) is 1. The number of benzene rings is 2. The van der Waals surface area contributed by atoms with Crippen LogP contribution in [0.1, 0.15) is 11.1 Å². The lowest BCUT2D eigenvalue weighted by atomic mass is 10.2. The van der Waals surface area contributed by atoms with Crippen molar-refractivity contribution in [1.82, 2.24) is 0 Å². The van der Waals surface area contributed by atoms with Crippen LogP contribution in [-0.4, -0.2) is 31.7 Å². The highest BCUT2D eigenvalue weighted by molar-refractivity contribution is 7.99. The predicted octanol–water partition coefficient (Wildman–Crippen LogP) is 2.41. The lowest BCUT2D eigenvalue weighted by Gasteiger charge is -2.23. The second kappa shape index (κ2) is 8.27. The molecule has 122 valence electrons. The normalized spacial score (nSPS) is 15.3. The molecule has 2 aromatic rings. The average Bonchev–Trinajstić information content (AvgIpc) is 2.62. The molecule has 0 aromatic heterocycles. The molecule has 0 radical (unpaired) electrons.